The zero-order chi connectivity index (χ0) is 24.5. The maximum atomic E-state index is 13.1. The van der Waals surface area contributed by atoms with E-state index in [1.165, 1.54) is 4.31 Å². The maximum Gasteiger partial charge on any atom is 0.253 e. The molecular weight excluding hydrogens is 448 g/mol. The third-order valence-electron chi connectivity index (χ3n) is 7.17. The molecule has 2 aliphatic rings. The van der Waals surface area contributed by atoms with E-state index in [1.807, 2.05) is 44.2 Å². The summed E-state index contributed by atoms with van der Waals surface area (Å²) in [4.78, 5) is 20.0. The van der Waals surface area contributed by atoms with Gasteiger partial charge in [0.2, 0.25) is 10.0 Å². The minimum atomic E-state index is -3.56. The summed E-state index contributed by atoms with van der Waals surface area (Å²) in [6.07, 6.45) is 0. The molecule has 0 spiro atoms. The molecule has 0 radical (unpaired) electrons. The molecule has 2 aromatic carbocycles. The molecule has 2 saturated heterocycles. The number of carbonyl (C=O) groups is 1. The molecule has 2 aliphatic heterocycles. The van der Waals surface area contributed by atoms with Gasteiger partial charge in [0.15, 0.2) is 0 Å². The van der Waals surface area contributed by atoms with E-state index in [4.69, 9.17) is 0 Å². The summed E-state index contributed by atoms with van der Waals surface area (Å²) in [6.45, 7) is 13.8. The van der Waals surface area contributed by atoms with Crippen molar-refractivity contribution in [3.05, 3.63) is 59.2 Å². The number of benzene rings is 2. The smallest absolute Gasteiger partial charge is 0.253 e. The van der Waals surface area contributed by atoms with Crippen LogP contribution in [-0.4, -0.2) is 86.8 Å². The Morgan fingerprint density at radius 2 is 1.41 bits per heavy atom. The van der Waals surface area contributed by atoms with Crippen LogP contribution in [0.15, 0.2) is 47.4 Å². The number of nitrogens with zero attached hydrogens (tertiary/aromatic N) is 4. The first-order valence-corrected chi connectivity index (χ1v) is 13.6. The molecular formula is C26H36N4O3S. The molecule has 7 nitrogen and oxygen atoms in total. The highest BCUT2D eigenvalue weighted by Crippen LogP contribution is 2.22. The monoisotopic (exact) mass is 484 g/mol. The lowest BCUT2D eigenvalue weighted by Crippen LogP contribution is -2.50. The van der Waals surface area contributed by atoms with Gasteiger partial charge in [-0.3, -0.25) is 9.69 Å². The third kappa shape index (κ3) is 5.14. The lowest BCUT2D eigenvalue weighted by Gasteiger charge is -2.38. The number of rotatable bonds is 5. The Morgan fingerprint density at radius 3 is 1.97 bits per heavy atom. The van der Waals surface area contributed by atoms with Crippen LogP contribution in [0.1, 0.15) is 35.3 Å². The first-order chi connectivity index (χ1) is 16.2. The molecule has 0 saturated carbocycles. The summed E-state index contributed by atoms with van der Waals surface area (Å²) in [6, 6.07) is 13.6. The quantitative estimate of drug-likeness (QED) is 0.653. The molecule has 2 fully saturated rings. The largest absolute Gasteiger partial charge is 0.369 e. The fraction of sp³-hybridized carbons (Fsp3) is 0.500. The number of amides is 1. The number of piperazine rings is 2. The van der Waals surface area contributed by atoms with Crippen LogP contribution >= 0.6 is 0 Å². The Labute approximate surface area is 204 Å². The van der Waals surface area contributed by atoms with Crippen LogP contribution in [0.3, 0.4) is 0 Å². The van der Waals surface area contributed by atoms with E-state index in [9.17, 15) is 13.2 Å². The van der Waals surface area contributed by atoms with Crippen molar-refractivity contribution in [3.8, 4) is 0 Å². The fourth-order valence-electron chi connectivity index (χ4n) is 4.65. The number of aryl methyl sites for hydroxylation is 2. The van der Waals surface area contributed by atoms with Gasteiger partial charge in [-0.05, 0) is 75.2 Å². The van der Waals surface area contributed by atoms with Crippen LogP contribution in [0.25, 0.3) is 0 Å². The van der Waals surface area contributed by atoms with Gasteiger partial charge in [0.1, 0.15) is 0 Å². The van der Waals surface area contributed by atoms with Gasteiger partial charge in [-0.1, -0.05) is 6.07 Å². The SMILES string of the molecule is Cc1ccc(S(=O)(=O)N2CCN(C(=O)c3ccc(N4CCN(C(C)C)CC4)cc3)CC2)cc1C. The predicted octanol–water partition coefficient (Wildman–Crippen LogP) is 2.98. The average molecular weight is 485 g/mol. The standard InChI is InChI=1S/C26H36N4O3S/c1-20(2)27-11-13-28(14-12-27)24-8-6-23(7-9-24)26(31)29-15-17-30(18-16-29)34(32,33)25-10-5-21(3)22(4)19-25/h5-10,19-20H,11-18H2,1-4H3. The molecule has 2 heterocycles. The molecule has 0 atom stereocenters. The lowest BCUT2D eigenvalue weighted by molar-refractivity contribution is 0.0698. The van der Waals surface area contributed by atoms with Crippen LogP contribution in [0, 0.1) is 13.8 Å². The zero-order valence-electron chi connectivity index (χ0n) is 20.7. The van der Waals surface area contributed by atoms with Gasteiger partial charge in [-0.25, -0.2) is 8.42 Å². The van der Waals surface area contributed by atoms with E-state index in [2.05, 4.69) is 23.6 Å². The van der Waals surface area contributed by atoms with Crippen LogP contribution in [0.5, 0.6) is 0 Å². The van der Waals surface area contributed by atoms with Crippen LogP contribution < -0.4 is 4.90 Å². The summed E-state index contributed by atoms with van der Waals surface area (Å²) < 4.78 is 27.6. The molecule has 4 rings (SSSR count). The number of sulfonamides is 1. The molecule has 34 heavy (non-hydrogen) atoms. The van der Waals surface area contributed by atoms with Crippen molar-refractivity contribution in [2.24, 2.45) is 0 Å². The number of hydrogen-bond acceptors (Lipinski definition) is 5. The molecule has 0 aliphatic carbocycles. The topological polar surface area (TPSA) is 64.2 Å². The van der Waals surface area contributed by atoms with Crippen LogP contribution in [0.2, 0.25) is 0 Å². The van der Waals surface area contributed by atoms with Crippen LogP contribution in [-0.2, 0) is 10.0 Å². The summed E-state index contributed by atoms with van der Waals surface area (Å²) in [5.74, 6) is -0.0422. The fourth-order valence-corrected chi connectivity index (χ4v) is 6.16. The maximum absolute atomic E-state index is 13.1. The van der Waals surface area contributed by atoms with Gasteiger partial charge >= 0.3 is 0 Å². The van der Waals surface area contributed by atoms with Crippen molar-refractivity contribution in [3.63, 3.8) is 0 Å². The molecule has 184 valence electrons. The Balaban J connectivity index is 1.35. The first kappa shape index (κ1) is 24.7. The van der Waals surface area contributed by atoms with Gasteiger partial charge in [0.25, 0.3) is 5.91 Å². The van der Waals surface area contributed by atoms with E-state index in [1.54, 1.807) is 17.0 Å². The Morgan fingerprint density at radius 1 is 0.794 bits per heavy atom. The van der Waals surface area contributed by atoms with Crippen molar-refractivity contribution in [1.29, 1.82) is 0 Å². The van der Waals surface area contributed by atoms with Crippen molar-refractivity contribution in [2.75, 3.05) is 57.3 Å². The number of hydrogen-bond donors (Lipinski definition) is 0. The average Bonchev–Trinajstić information content (AvgIpc) is 2.85. The van der Waals surface area contributed by atoms with E-state index < -0.39 is 10.0 Å². The first-order valence-electron chi connectivity index (χ1n) is 12.1. The van der Waals surface area contributed by atoms with Crippen molar-refractivity contribution in [1.82, 2.24) is 14.1 Å². The van der Waals surface area contributed by atoms with E-state index >= 15 is 0 Å². The number of carbonyl (C=O) groups excluding carboxylic acids is 1. The van der Waals surface area contributed by atoms with Crippen molar-refractivity contribution >= 4 is 21.6 Å². The molecule has 0 bridgehead atoms. The second-order valence-corrected chi connectivity index (χ2v) is 11.5. The Hall–Kier alpha value is -2.42. The third-order valence-corrected chi connectivity index (χ3v) is 9.06. The molecule has 8 heteroatoms. The second-order valence-electron chi connectivity index (χ2n) is 9.61. The van der Waals surface area contributed by atoms with Gasteiger partial charge < -0.3 is 9.80 Å². The summed E-state index contributed by atoms with van der Waals surface area (Å²) in [7, 11) is -3.56. The second kappa shape index (κ2) is 10.1. The Kier molecular flexibility index (Phi) is 7.31. The normalized spacial score (nSPS) is 18.5. The lowest BCUT2D eigenvalue weighted by atomic mass is 10.1. The molecule has 0 N–H and O–H groups in total. The molecule has 2 aromatic rings. The van der Waals surface area contributed by atoms with Gasteiger partial charge in [-0.2, -0.15) is 4.31 Å². The summed E-state index contributed by atoms with van der Waals surface area (Å²) in [5, 5.41) is 0. The minimum absolute atomic E-state index is 0.0422. The highest BCUT2D eigenvalue weighted by atomic mass is 32.2. The van der Waals surface area contributed by atoms with Crippen molar-refractivity contribution in [2.45, 2.75) is 38.6 Å². The highest BCUT2D eigenvalue weighted by Gasteiger charge is 2.30. The number of anilines is 1. The molecule has 1 amide bonds. The van der Waals surface area contributed by atoms with Gasteiger partial charge in [-0.15, -0.1) is 0 Å². The highest BCUT2D eigenvalue weighted by molar-refractivity contribution is 7.89. The van der Waals surface area contributed by atoms with E-state index in [0.717, 1.165) is 43.0 Å². The van der Waals surface area contributed by atoms with E-state index in [-0.39, 0.29) is 5.91 Å². The Bertz CT molecular complexity index is 1120. The minimum Gasteiger partial charge on any atom is -0.369 e. The predicted molar refractivity (Wildman–Crippen MR) is 136 cm³/mol. The summed E-state index contributed by atoms with van der Waals surface area (Å²) in [5.41, 5.74) is 3.82. The molecule has 0 aromatic heterocycles. The van der Waals surface area contributed by atoms with Gasteiger partial charge in [0.05, 0.1) is 4.90 Å². The summed E-state index contributed by atoms with van der Waals surface area (Å²) >= 11 is 0. The zero-order valence-corrected chi connectivity index (χ0v) is 21.5. The van der Waals surface area contributed by atoms with Crippen molar-refractivity contribution < 1.29 is 13.2 Å². The van der Waals surface area contributed by atoms with Crippen LogP contribution in [0.4, 0.5) is 5.69 Å². The molecule has 0 unspecified atom stereocenters. The van der Waals surface area contributed by atoms with E-state index in [0.29, 0.717) is 42.7 Å². The van der Waals surface area contributed by atoms with Gasteiger partial charge in [0, 0.05) is 69.7 Å².